The highest BCUT2D eigenvalue weighted by Crippen LogP contribution is 2.35. The van der Waals surface area contributed by atoms with Crippen molar-refractivity contribution < 1.29 is 14.6 Å². The molecule has 2 heterocycles. The number of fused-ring (bicyclic) bond motifs is 1. The first-order valence-corrected chi connectivity index (χ1v) is 10.8. The van der Waals surface area contributed by atoms with Gasteiger partial charge < -0.3 is 24.9 Å². The van der Waals surface area contributed by atoms with Gasteiger partial charge in [-0.1, -0.05) is 60.7 Å². The van der Waals surface area contributed by atoms with E-state index in [2.05, 4.69) is 15.0 Å². The van der Waals surface area contributed by atoms with Crippen LogP contribution in [0.1, 0.15) is 17.2 Å². The van der Waals surface area contributed by atoms with Crippen LogP contribution >= 0.6 is 0 Å². The predicted molar refractivity (Wildman–Crippen MR) is 124 cm³/mol. The van der Waals surface area contributed by atoms with Crippen LogP contribution in [0.15, 0.2) is 85.0 Å². The zero-order valence-electron chi connectivity index (χ0n) is 18.0. The number of nitrogens with two attached hydrogens (primary N) is 1. The van der Waals surface area contributed by atoms with Gasteiger partial charge in [0.2, 0.25) is 0 Å². The van der Waals surface area contributed by atoms with Crippen LogP contribution in [-0.4, -0.2) is 43.4 Å². The second-order valence-electron chi connectivity index (χ2n) is 8.00. The van der Waals surface area contributed by atoms with Crippen LogP contribution in [0.25, 0.3) is 11.2 Å². The molecule has 8 heteroatoms. The number of rotatable bonds is 8. The maximum Gasteiger partial charge on any atom is 0.165 e. The van der Waals surface area contributed by atoms with Crippen molar-refractivity contribution in [2.24, 2.45) is 0 Å². The Bertz CT molecular complexity index is 1240. The molecule has 8 nitrogen and oxygen atoms in total. The summed E-state index contributed by atoms with van der Waals surface area (Å²) in [6, 6.07) is 19.4. The first-order valence-electron chi connectivity index (χ1n) is 10.8. The lowest BCUT2D eigenvalue weighted by Gasteiger charge is -2.25. The number of aliphatic hydroxyl groups is 1. The smallest absolute Gasteiger partial charge is 0.165 e. The number of hydrogen-bond acceptors (Lipinski definition) is 7. The average Bonchev–Trinajstić information content (AvgIpc) is 3.40. The fourth-order valence-electron chi connectivity index (χ4n) is 4.11. The molecule has 2 aromatic carbocycles. The lowest BCUT2D eigenvalue weighted by Crippen LogP contribution is -2.31. The minimum absolute atomic E-state index is 0.293. The van der Waals surface area contributed by atoms with E-state index < -0.39 is 18.2 Å². The molecule has 0 radical (unpaired) electrons. The van der Waals surface area contributed by atoms with E-state index in [1.165, 1.54) is 6.33 Å². The van der Waals surface area contributed by atoms with E-state index >= 15 is 0 Å². The van der Waals surface area contributed by atoms with E-state index in [0.717, 1.165) is 16.7 Å². The van der Waals surface area contributed by atoms with Crippen LogP contribution in [0.5, 0.6) is 0 Å². The van der Waals surface area contributed by atoms with Gasteiger partial charge in [-0.3, -0.25) is 0 Å². The van der Waals surface area contributed by atoms with Gasteiger partial charge in [-0.25, -0.2) is 15.0 Å². The van der Waals surface area contributed by atoms with E-state index in [4.69, 9.17) is 15.2 Å². The fourth-order valence-corrected chi connectivity index (χ4v) is 4.11. The molecule has 1 aliphatic rings. The van der Waals surface area contributed by atoms with Crippen LogP contribution in [0.3, 0.4) is 0 Å². The molecular weight excluding hydrogens is 418 g/mol. The summed E-state index contributed by atoms with van der Waals surface area (Å²) < 4.78 is 14.0. The summed E-state index contributed by atoms with van der Waals surface area (Å²) in [6.45, 7) is 1.16. The predicted octanol–water partition coefficient (Wildman–Crippen LogP) is 3.05. The highest BCUT2D eigenvalue weighted by atomic mass is 16.5. The summed E-state index contributed by atoms with van der Waals surface area (Å²) in [7, 11) is 0. The van der Waals surface area contributed by atoms with Crippen molar-refractivity contribution in [3.63, 3.8) is 0 Å². The number of aliphatic hydroxyl groups excluding tert-OH is 1. The fraction of sp³-hybridized carbons (Fsp3) is 0.240. The molecular formula is C25H25N5O3. The molecule has 0 aliphatic heterocycles. The second-order valence-corrected chi connectivity index (χ2v) is 8.00. The maximum absolute atomic E-state index is 11.3. The Balaban J connectivity index is 1.38. The van der Waals surface area contributed by atoms with E-state index in [-0.39, 0.29) is 0 Å². The molecule has 3 atom stereocenters. The summed E-state index contributed by atoms with van der Waals surface area (Å²) in [4.78, 5) is 12.7. The highest BCUT2D eigenvalue weighted by molar-refractivity contribution is 5.81. The third kappa shape index (κ3) is 4.49. The molecule has 0 fully saturated rings. The average molecular weight is 444 g/mol. The van der Waals surface area contributed by atoms with E-state index in [1.807, 2.05) is 71.3 Å². The third-order valence-corrected chi connectivity index (χ3v) is 5.79. The van der Waals surface area contributed by atoms with Crippen molar-refractivity contribution in [3.8, 4) is 0 Å². The third-order valence-electron chi connectivity index (χ3n) is 5.79. The Kier molecular flexibility index (Phi) is 6.12. The van der Waals surface area contributed by atoms with Crippen molar-refractivity contribution in [3.05, 3.63) is 96.1 Å². The molecule has 0 saturated heterocycles. The molecule has 1 aliphatic carbocycles. The molecule has 168 valence electrons. The molecule has 0 saturated carbocycles. The Hall–Kier alpha value is -3.59. The summed E-state index contributed by atoms with van der Waals surface area (Å²) in [5.74, 6) is 0.298. The van der Waals surface area contributed by atoms with Crippen LogP contribution < -0.4 is 5.73 Å². The normalized spacial score (nSPS) is 20.3. The Morgan fingerprint density at radius 3 is 2.30 bits per heavy atom. The molecule has 2 aromatic heterocycles. The zero-order valence-corrected chi connectivity index (χ0v) is 18.0. The van der Waals surface area contributed by atoms with Crippen molar-refractivity contribution in [2.75, 3.05) is 12.3 Å². The van der Waals surface area contributed by atoms with Gasteiger partial charge >= 0.3 is 0 Å². The van der Waals surface area contributed by atoms with Crippen LogP contribution in [0.2, 0.25) is 0 Å². The van der Waals surface area contributed by atoms with Gasteiger partial charge in [0.25, 0.3) is 0 Å². The molecule has 0 bridgehead atoms. The Morgan fingerprint density at radius 1 is 0.879 bits per heavy atom. The minimum atomic E-state index is -0.824. The van der Waals surface area contributed by atoms with Crippen LogP contribution in [0, 0.1) is 0 Å². The quantitative estimate of drug-likeness (QED) is 0.403. The molecule has 5 rings (SSSR count). The molecule has 0 unspecified atom stereocenters. The van der Waals surface area contributed by atoms with E-state index in [9.17, 15) is 5.11 Å². The van der Waals surface area contributed by atoms with Gasteiger partial charge in [0, 0.05) is 0 Å². The first kappa shape index (κ1) is 21.3. The van der Waals surface area contributed by atoms with Gasteiger partial charge in [-0.2, -0.15) is 0 Å². The van der Waals surface area contributed by atoms with Crippen LogP contribution in [-0.2, 0) is 22.7 Å². The lowest BCUT2D eigenvalue weighted by molar-refractivity contribution is 0.0102. The number of nitrogen functional groups attached to an aromatic ring is 1. The second kappa shape index (κ2) is 9.50. The summed E-state index contributed by atoms with van der Waals surface area (Å²) in [6.07, 6.45) is 3.75. The lowest BCUT2D eigenvalue weighted by atomic mass is 10.1. The number of hydrogen-bond donors (Lipinski definition) is 2. The highest BCUT2D eigenvalue weighted by Gasteiger charge is 2.39. The van der Waals surface area contributed by atoms with Crippen LogP contribution in [0.4, 0.5) is 5.82 Å². The van der Waals surface area contributed by atoms with Gasteiger partial charge in [0.1, 0.15) is 24.1 Å². The molecule has 0 amide bonds. The maximum atomic E-state index is 11.3. The SMILES string of the molecule is Nc1ncnc2c1ncn2[C@@H]1[C@@H](OCc2ccccc2)C=C(COCc2ccccc2)[C@H]1O. The number of imidazole rings is 1. The van der Waals surface area contributed by atoms with Gasteiger partial charge in [-0.15, -0.1) is 0 Å². The number of aromatic nitrogens is 4. The minimum Gasteiger partial charge on any atom is -0.386 e. The van der Waals surface area contributed by atoms with Crippen molar-refractivity contribution in [1.82, 2.24) is 19.5 Å². The summed E-state index contributed by atoms with van der Waals surface area (Å²) >= 11 is 0. The standard InChI is InChI=1S/C25H25N5O3/c26-24-21-25(28-15-27-24)30(16-29-21)22-20(33-13-18-9-5-2-6-10-18)11-19(23(22)31)14-32-12-17-7-3-1-4-8-17/h1-11,15-16,20,22-23,31H,12-14H2,(H2,26,27,28)/t20-,22+,23+/m0/s1. The van der Waals surface area contributed by atoms with Crippen molar-refractivity contribution in [2.45, 2.75) is 31.5 Å². The van der Waals surface area contributed by atoms with E-state index in [0.29, 0.717) is 36.8 Å². The number of anilines is 1. The topological polar surface area (TPSA) is 108 Å². The molecule has 4 aromatic rings. The van der Waals surface area contributed by atoms with Crippen molar-refractivity contribution >= 4 is 17.0 Å². The van der Waals surface area contributed by atoms with Gasteiger partial charge in [0.15, 0.2) is 11.5 Å². The number of nitrogens with zero attached hydrogens (tertiary/aromatic N) is 4. The first-order chi connectivity index (χ1) is 16.2. The van der Waals surface area contributed by atoms with Crippen molar-refractivity contribution in [1.29, 1.82) is 0 Å². The number of benzene rings is 2. The molecule has 3 N–H and O–H groups in total. The van der Waals surface area contributed by atoms with Gasteiger partial charge in [-0.05, 0) is 22.8 Å². The number of ether oxygens (including phenoxy) is 2. The monoisotopic (exact) mass is 443 g/mol. The van der Waals surface area contributed by atoms with E-state index in [1.54, 1.807) is 6.33 Å². The van der Waals surface area contributed by atoms with Gasteiger partial charge in [0.05, 0.1) is 32.2 Å². The Labute approximate surface area is 191 Å². The Morgan fingerprint density at radius 2 is 1.58 bits per heavy atom. The summed E-state index contributed by atoms with van der Waals surface area (Å²) in [5.41, 5.74) is 9.91. The molecule has 0 spiro atoms. The molecule has 33 heavy (non-hydrogen) atoms. The summed E-state index contributed by atoms with van der Waals surface area (Å²) in [5, 5.41) is 11.3. The zero-order chi connectivity index (χ0) is 22.6. The largest absolute Gasteiger partial charge is 0.386 e.